The van der Waals surface area contributed by atoms with Crippen molar-refractivity contribution in [3.05, 3.63) is 71.1 Å². The number of carbonyl (C=O) groups is 1. The number of nitrogens with zero attached hydrogens (tertiary/aromatic N) is 2. The number of carbonyl (C=O) groups excluding carboxylic acids is 1. The van der Waals surface area contributed by atoms with Crippen LogP contribution in [-0.2, 0) is 6.54 Å². The van der Waals surface area contributed by atoms with Gasteiger partial charge in [0.25, 0.3) is 5.89 Å². The number of furan rings is 1. The average Bonchev–Trinajstić information content (AvgIpc) is 3.26. The van der Waals surface area contributed by atoms with Gasteiger partial charge in [-0.1, -0.05) is 42.5 Å². The molecule has 0 aliphatic carbocycles. The van der Waals surface area contributed by atoms with Gasteiger partial charge in [-0.25, -0.2) is 0 Å². The monoisotopic (exact) mass is 347 g/mol. The van der Waals surface area contributed by atoms with E-state index in [1.54, 1.807) is 0 Å². The predicted octanol–water partition coefficient (Wildman–Crippen LogP) is 4.03. The van der Waals surface area contributed by atoms with Crippen molar-refractivity contribution >= 4 is 16.9 Å². The summed E-state index contributed by atoms with van der Waals surface area (Å²) in [6.45, 7) is 4.31. The van der Waals surface area contributed by atoms with Crippen LogP contribution in [0.25, 0.3) is 22.6 Å². The molecule has 1 N–H and O–H groups in total. The van der Waals surface area contributed by atoms with Crippen LogP contribution in [0.4, 0.5) is 0 Å². The van der Waals surface area contributed by atoms with E-state index in [4.69, 9.17) is 8.83 Å². The second-order valence-corrected chi connectivity index (χ2v) is 6.07. The fourth-order valence-electron chi connectivity index (χ4n) is 2.84. The summed E-state index contributed by atoms with van der Waals surface area (Å²) in [4.78, 5) is 12.3. The molecule has 130 valence electrons. The Hall–Kier alpha value is -3.41. The van der Waals surface area contributed by atoms with Crippen molar-refractivity contribution in [1.29, 1.82) is 0 Å². The van der Waals surface area contributed by atoms with Crippen molar-refractivity contribution in [1.82, 2.24) is 15.5 Å². The van der Waals surface area contributed by atoms with Gasteiger partial charge in [-0.05, 0) is 31.0 Å². The van der Waals surface area contributed by atoms with Gasteiger partial charge in [0.1, 0.15) is 5.58 Å². The first-order chi connectivity index (χ1) is 12.6. The normalized spacial score (nSPS) is 11.0. The van der Waals surface area contributed by atoms with Crippen LogP contribution in [0.5, 0.6) is 0 Å². The lowest BCUT2D eigenvalue weighted by Gasteiger charge is -2.05. The average molecular weight is 347 g/mol. The van der Waals surface area contributed by atoms with Gasteiger partial charge in [0, 0.05) is 17.5 Å². The standard InChI is InChI=1S/C20H17N3O3/c1-12-7-3-4-8-14(12)11-21-18(24)20-23-22-19(26-20)17-13(2)15-9-5-6-10-16(15)25-17/h3-10H,11H2,1-2H3,(H,21,24). The number of amides is 1. The Kier molecular flexibility index (Phi) is 4.01. The molecule has 4 rings (SSSR count). The molecule has 6 nitrogen and oxygen atoms in total. The van der Waals surface area contributed by atoms with Gasteiger partial charge in [0.05, 0.1) is 0 Å². The Morgan fingerprint density at radius 1 is 1.00 bits per heavy atom. The summed E-state index contributed by atoms with van der Waals surface area (Å²) in [5, 5.41) is 11.6. The van der Waals surface area contributed by atoms with Gasteiger partial charge < -0.3 is 14.2 Å². The van der Waals surface area contributed by atoms with Crippen LogP contribution >= 0.6 is 0 Å². The number of benzene rings is 2. The van der Waals surface area contributed by atoms with Crippen LogP contribution in [0.1, 0.15) is 27.4 Å². The molecule has 0 aliphatic heterocycles. The number of hydrogen-bond donors (Lipinski definition) is 1. The van der Waals surface area contributed by atoms with Crippen molar-refractivity contribution in [2.45, 2.75) is 20.4 Å². The van der Waals surface area contributed by atoms with Crippen LogP contribution in [-0.4, -0.2) is 16.1 Å². The van der Waals surface area contributed by atoms with Crippen molar-refractivity contribution in [3.8, 4) is 11.7 Å². The summed E-state index contributed by atoms with van der Waals surface area (Å²) < 4.78 is 11.3. The first-order valence-corrected chi connectivity index (χ1v) is 8.28. The van der Waals surface area contributed by atoms with Crippen molar-refractivity contribution in [3.63, 3.8) is 0 Å². The van der Waals surface area contributed by atoms with E-state index in [-0.39, 0.29) is 11.8 Å². The zero-order chi connectivity index (χ0) is 18.1. The van der Waals surface area contributed by atoms with Crippen LogP contribution in [0.15, 0.2) is 57.4 Å². The lowest BCUT2D eigenvalue weighted by atomic mass is 10.1. The van der Waals surface area contributed by atoms with Crippen LogP contribution in [0.2, 0.25) is 0 Å². The lowest BCUT2D eigenvalue weighted by Crippen LogP contribution is -2.23. The Bertz CT molecular complexity index is 1090. The molecule has 2 aromatic carbocycles. The summed E-state index contributed by atoms with van der Waals surface area (Å²) in [6.07, 6.45) is 0. The first-order valence-electron chi connectivity index (χ1n) is 8.28. The molecule has 0 spiro atoms. The zero-order valence-corrected chi connectivity index (χ0v) is 14.4. The zero-order valence-electron chi connectivity index (χ0n) is 14.4. The van der Waals surface area contributed by atoms with E-state index in [2.05, 4.69) is 15.5 Å². The highest BCUT2D eigenvalue weighted by Crippen LogP contribution is 2.31. The van der Waals surface area contributed by atoms with Crippen molar-refractivity contribution in [2.24, 2.45) is 0 Å². The van der Waals surface area contributed by atoms with Gasteiger partial charge in [0.15, 0.2) is 5.76 Å². The fourth-order valence-corrected chi connectivity index (χ4v) is 2.84. The number of hydrogen-bond acceptors (Lipinski definition) is 5. The van der Waals surface area contributed by atoms with Gasteiger partial charge in [-0.15, -0.1) is 10.2 Å². The smallest absolute Gasteiger partial charge is 0.309 e. The topological polar surface area (TPSA) is 81.2 Å². The number of para-hydroxylation sites is 1. The molecule has 0 aliphatic rings. The quantitative estimate of drug-likeness (QED) is 0.603. The van der Waals surface area contributed by atoms with E-state index >= 15 is 0 Å². The predicted molar refractivity (Wildman–Crippen MR) is 96.6 cm³/mol. The third-order valence-electron chi connectivity index (χ3n) is 4.36. The molecule has 0 radical (unpaired) electrons. The molecule has 2 heterocycles. The Morgan fingerprint density at radius 3 is 2.58 bits per heavy atom. The molecule has 0 bridgehead atoms. The molecule has 0 unspecified atom stereocenters. The molecule has 1 amide bonds. The highest BCUT2D eigenvalue weighted by atomic mass is 16.4. The molecular formula is C20H17N3O3. The van der Waals surface area contributed by atoms with Gasteiger partial charge >= 0.3 is 11.8 Å². The molecule has 6 heteroatoms. The minimum absolute atomic E-state index is 0.0894. The van der Waals surface area contributed by atoms with Crippen molar-refractivity contribution in [2.75, 3.05) is 0 Å². The number of rotatable bonds is 4. The maximum atomic E-state index is 12.3. The molecule has 0 fully saturated rings. The minimum Gasteiger partial charge on any atom is -0.451 e. The Morgan fingerprint density at radius 2 is 1.77 bits per heavy atom. The number of aromatic nitrogens is 2. The SMILES string of the molecule is Cc1ccccc1CNC(=O)c1nnc(-c2oc3ccccc3c2C)o1. The summed E-state index contributed by atoms with van der Waals surface area (Å²) in [7, 11) is 0. The number of nitrogens with one attached hydrogen (secondary N) is 1. The third kappa shape index (κ3) is 2.86. The van der Waals surface area contributed by atoms with E-state index in [1.165, 1.54) is 0 Å². The summed E-state index contributed by atoms with van der Waals surface area (Å²) in [5.41, 5.74) is 3.78. The number of aryl methyl sites for hydroxylation is 2. The number of fused-ring (bicyclic) bond motifs is 1. The maximum absolute atomic E-state index is 12.3. The van der Waals surface area contributed by atoms with E-state index in [0.29, 0.717) is 12.3 Å². The Balaban J connectivity index is 1.54. The molecule has 0 saturated carbocycles. The lowest BCUT2D eigenvalue weighted by molar-refractivity contribution is 0.0916. The van der Waals surface area contributed by atoms with E-state index < -0.39 is 5.91 Å². The van der Waals surface area contributed by atoms with Crippen LogP contribution in [0.3, 0.4) is 0 Å². The molecule has 2 aromatic heterocycles. The minimum atomic E-state index is -0.416. The Labute approximate surface area is 149 Å². The van der Waals surface area contributed by atoms with Crippen LogP contribution in [0, 0.1) is 13.8 Å². The van der Waals surface area contributed by atoms with Gasteiger partial charge in [-0.2, -0.15) is 0 Å². The van der Waals surface area contributed by atoms with Crippen molar-refractivity contribution < 1.29 is 13.6 Å². The van der Waals surface area contributed by atoms with Crippen LogP contribution < -0.4 is 5.32 Å². The largest absolute Gasteiger partial charge is 0.451 e. The molecular weight excluding hydrogens is 330 g/mol. The maximum Gasteiger partial charge on any atom is 0.309 e. The first kappa shape index (κ1) is 16.1. The third-order valence-corrected chi connectivity index (χ3v) is 4.36. The molecule has 0 saturated heterocycles. The summed E-state index contributed by atoms with van der Waals surface area (Å²) >= 11 is 0. The second kappa shape index (κ2) is 6.48. The fraction of sp³-hybridized carbons (Fsp3) is 0.150. The molecule has 26 heavy (non-hydrogen) atoms. The summed E-state index contributed by atoms with van der Waals surface area (Å²) in [5.74, 6) is 0.172. The summed E-state index contributed by atoms with van der Waals surface area (Å²) in [6, 6.07) is 15.5. The van der Waals surface area contributed by atoms with Gasteiger partial charge in [-0.3, -0.25) is 4.79 Å². The van der Waals surface area contributed by atoms with Gasteiger partial charge in [0.2, 0.25) is 0 Å². The van der Waals surface area contributed by atoms with E-state index in [1.807, 2.05) is 62.4 Å². The molecule has 4 aromatic rings. The van der Waals surface area contributed by atoms with E-state index in [0.717, 1.165) is 27.7 Å². The highest BCUT2D eigenvalue weighted by molar-refractivity contribution is 5.90. The highest BCUT2D eigenvalue weighted by Gasteiger charge is 2.21. The molecule has 0 atom stereocenters. The second-order valence-electron chi connectivity index (χ2n) is 6.07. The van der Waals surface area contributed by atoms with E-state index in [9.17, 15) is 4.79 Å².